The molecule has 14 heteroatoms. The average molecular weight is 593 g/mol. The zero-order valence-corrected chi connectivity index (χ0v) is 23.6. The van der Waals surface area contributed by atoms with E-state index in [-0.39, 0.29) is 35.4 Å². The quantitative estimate of drug-likeness (QED) is 0.165. The normalized spacial score (nSPS) is 36.6. The van der Waals surface area contributed by atoms with Crippen molar-refractivity contribution in [3.63, 3.8) is 0 Å². The molecule has 1 amide bonds. The van der Waals surface area contributed by atoms with Crippen molar-refractivity contribution < 1.29 is 53.5 Å². The number of hydrogen-bond acceptors (Lipinski definition) is 11. The summed E-state index contributed by atoms with van der Waals surface area (Å²) in [5, 5.41) is 33.3. The molecule has 42 heavy (non-hydrogen) atoms. The fraction of sp³-hybridized carbons (Fsp3) is 0.679. The first-order chi connectivity index (χ1) is 19.8. The molecule has 0 radical (unpaired) electrons. The first-order valence-corrected chi connectivity index (χ1v) is 14.2. The number of nitrogens with zero attached hydrogens (tertiary/aromatic N) is 1. The highest BCUT2D eigenvalue weighted by molar-refractivity contribution is 5.86. The van der Waals surface area contributed by atoms with Crippen LogP contribution < -0.4 is 5.32 Å². The summed E-state index contributed by atoms with van der Waals surface area (Å²) in [5.74, 6) is -3.90. The zero-order chi connectivity index (χ0) is 30.4. The van der Waals surface area contributed by atoms with E-state index in [9.17, 15) is 34.7 Å². The number of nitro benzene ring substituents is 1. The van der Waals surface area contributed by atoms with Crippen molar-refractivity contribution in [1.82, 2.24) is 5.32 Å². The van der Waals surface area contributed by atoms with Crippen molar-refractivity contribution in [3.8, 4) is 0 Å². The second kappa shape index (κ2) is 11.5. The number of carbonyl (C=O) groups excluding carboxylic acids is 2. The standard InChI is InChI=1S/C28H36N2O12/c1-14-7-8-19-15(2)25(39-26-28(19)18(14)11-12-27(3,40-26)41-42-28)38-21(32)10-9-20(31)29-22(24(34)35)23(33)16-5-4-6-17(13-16)30(36)37/h4-6,13-15,18-19,22-23,25-26,33H,7-12H2,1-3H3,(H,29,31)(H,34,35)/t14-,15-,18+,19+,22?,23?,25-,26-,27+,28?/m1/s1. The fourth-order valence-corrected chi connectivity index (χ4v) is 6.95. The molecule has 0 aromatic heterocycles. The van der Waals surface area contributed by atoms with E-state index in [1.165, 1.54) is 18.2 Å². The molecule has 1 aromatic rings. The van der Waals surface area contributed by atoms with E-state index in [4.69, 9.17) is 24.0 Å². The highest BCUT2D eigenvalue weighted by Gasteiger charge is 2.69. The van der Waals surface area contributed by atoms with Gasteiger partial charge in [-0.25, -0.2) is 14.6 Å². The number of fused-ring (bicyclic) bond motifs is 2. The van der Waals surface area contributed by atoms with Gasteiger partial charge >= 0.3 is 11.9 Å². The largest absolute Gasteiger partial charge is 0.480 e. The van der Waals surface area contributed by atoms with Crippen LogP contribution in [-0.4, -0.2) is 63.0 Å². The second-order valence-corrected chi connectivity index (χ2v) is 11.9. The van der Waals surface area contributed by atoms with Crippen LogP contribution in [0.1, 0.15) is 71.0 Å². The molecule has 1 aromatic carbocycles. The van der Waals surface area contributed by atoms with Gasteiger partial charge in [0.2, 0.25) is 18.0 Å². The molecule has 1 aliphatic carbocycles. The summed E-state index contributed by atoms with van der Waals surface area (Å²) in [6.45, 7) is 5.90. The Bertz CT molecular complexity index is 1240. The smallest absolute Gasteiger partial charge is 0.329 e. The summed E-state index contributed by atoms with van der Waals surface area (Å²) in [4.78, 5) is 59.3. The van der Waals surface area contributed by atoms with Gasteiger partial charge in [-0.15, -0.1) is 0 Å². The van der Waals surface area contributed by atoms with Crippen molar-refractivity contribution in [1.29, 1.82) is 0 Å². The van der Waals surface area contributed by atoms with Crippen molar-refractivity contribution in [2.75, 3.05) is 0 Å². The van der Waals surface area contributed by atoms with Gasteiger partial charge in [0.1, 0.15) is 6.10 Å². The maximum absolute atomic E-state index is 12.8. The molecule has 5 fully saturated rings. The minimum Gasteiger partial charge on any atom is -0.480 e. The van der Waals surface area contributed by atoms with Crippen molar-refractivity contribution >= 4 is 23.5 Å². The van der Waals surface area contributed by atoms with Crippen molar-refractivity contribution in [2.45, 2.75) is 95.4 Å². The summed E-state index contributed by atoms with van der Waals surface area (Å²) < 4.78 is 18.1. The summed E-state index contributed by atoms with van der Waals surface area (Å²) >= 11 is 0. The molecule has 3 N–H and O–H groups in total. The van der Waals surface area contributed by atoms with Crippen LogP contribution in [0.2, 0.25) is 0 Å². The third kappa shape index (κ3) is 5.49. The number of aliphatic carboxylic acids is 1. The number of nitro groups is 1. The number of carboxylic acid groups (broad SMARTS) is 1. The number of aliphatic hydroxyl groups is 1. The lowest BCUT2D eigenvalue weighted by molar-refractivity contribution is -0.576. The number of amides is 1. The maximum atomic E-state index is 12.8. The van der Waals surface area contributed by atoms with Crippen LogP contribution >= 0.6 is 0 Å². The summed E-state index contributed by atoms with van der Waals surface area (Å²) in [7, 11) is 0. The van der Waals surface area contributed by atoms with Crippen LogP contribution in [0.15, 0.2) is 24.3 Å². The van der Waals surface area contributed by atoms with Gasteiger partial charge in [0.15, 0.2) is 17.9 Å². The summed E-state index contributed by atoms with van der Waals surface area (Å²) in [6, 6.07) is 3.01. The lowest BCUT2D eigenvalue weighted by Gasteiger charge is -2.59. The Morgan fingerprint density at radius 3 is 2.64 bits per heavy atom. The Morgan fingerprint density at radius 1 is 1.17 bits per heavy atom. The maximum Gasteiger partial charge on any atom is 0.329 e. The molecule has 4 saturated heterocycles. The lowest BCUT2D eigenvalue weighted by atomic mass is 9.58. The second-order valence-electron chi connectivity index (χ2n) is 11.9. The third-order valence-electron chi connectivity index (χ3n) is 9.22. The minimum atomic E-state index is -1.80. The van der Waals surface area contributed by atoms with E-state index in [1.54, 1.807) is 6.92 Å². The monoisotopic (exact) mass is 592 g/mol. The van der Waals surface area contributed by atoms with Crippen LogP contribution in [0.5, 0.6) is 0 Å². The molecule has 2 bridgehead atoms. The molecular formula is C28H36N2O12. The van der Waals surface area contributed by atoms with Gasteiger partial charge in [-0.1, -0.05) is 26.0 Å². The van der Waals surface area contributed by atoms with Crippen LogP contribution in [0.25, 0.3) is 0 Å². The number of benzene rings is 1. The van der Waals surface area contributed by atoms with Gasteiger partial charge < -0.3 is 29.7 Å². The van der Waals surface area contributed by atoms with Crippen LogP contribution in [0, 0.1) is 33.8 Å². The first kappa shape index (κ1) is 30.3. The first-order valence-electron chi connectivity index (χ1n) is 14.2. The van der Waals surface area contributed by atoms with E-state index in [0.717, 1.165) is 25.3 Å². The van der Waals surface area contributed by atoms with E-state index >= 15 is 0 Å². The minimum absolute atomic E-state index is 0.0606. The Kier molecular flexibility index (Phi) is 8.29. The number of rotatable bonds is 9. The van der Waals surface area contributed by atoms with Gasteiger partial charge in [0.25, 0.3) is 5.69 Å². The molecule has 1 saturated carbocycles. The molecule has 5 aliphatic rings. The summed E-state index contributed by atoms with van der Waals surface area (Å²) in [6.07, 6.45) is -1.06. The topological polar surface area (TPSA) is 193 Å². The number of aliphatic hydroxyl groups excluding tert-OH is 1. The van der Waals surface area contributed by atoms with Gasteiger partial charge in [0, 0.05) is 36.8 Å². The van der Waals surface area contributed by atoms with Gasteiger partial charge in [0.05, 0.1) is 11.3 Å². The fourth-order valence-electron chi connectivity index (χ4n) is 6.95. The van der Waals surface area contributed by atoms with Gasteiger partial charge in [-0.05, 0) is 43.6 Å². The number of ether oxygens (including phenoxy) is 3. The number of carboxylic acids is 1. The lowest BCUT2D eigenvalue weighted by Crippen LogP contribution is -2.70. The van der Waals surface area contributed by atoms with E-state index in [2.05, 4.69) is 12.2 Å². The third-order valence-corrected chi connectivity index (χ3v) is 9.22. The predicted octanol–water partition coefficient (Wildman–Crippen LogP) is 2.73. The Labute approximate surface area is 241 Å². The van der Waals surface area contributed by atoms with Crippen LogP contribution in [0.3, 0.4) is 0 Å². The average Bonchev–Trinajstić information content (AvgIpc) is 3.18. The molecule has 1 spiro atoms. The molecule has 10 atom stereocenters. The number of nitrogens with one attached hydrogen (secondary N) is 1. The molecule has 14 nitrogen and oxygen atoms in total. The number of non-ortho nitro benzene ring substituents is 1. The predicted molar refractivity (Wildman–Crippen MR) is 140 cm³/mol. The van der Waals surface area contributed by atoms with E-state index < -0.39 is 65.3 Å². The molecule has 230 valence electrons. The molecule has 4 heterocycles. The van der Waals surface area contributed by atoms with Crippen molar-refractivity contribution in [3.05, 3.63) is 39.9 Å². The number of hydrogen-bond donors (Lipinski definition) is 3. The molecular weight excluding hydrogens is 556 g/mol. The Morgan fingerprint density at radius 2 is 1.93 bits per heavy atom. The number of carbonyl (C=O) groups is 3. The SMILES string of the molecule is C[C@H]1[C@H](OC(=O)CCC(=O)NC(C(=O)O)C(O)c2cccc([N+](=O)[O-])c2)O[C@@H]2O[C@]3(C)CC[C@H]4[C@H](C)CC[C@@H]1C24OO3. The zero-order valence-electron chi connectivity index (χ0n) is 23.6. The Balaban J connectivity index is 1.20. The van der Waals surface area contributed by atoms with E-state index in [1.807, 2.05) is 6.92 Å². The summed E-state index contributed by atoms with van der Waals surface area (Å²) in [5.41, 5.74) is -1.22. The highest BCUT2D eigenvalue weighted by atomic mass is 17.3. The van der Waals surface area contributed by atoms with Gasteiger partial charge in [-0.3, -0.25) is 19.7 Å². The van der Waals surface area contributed by atoms with Crippen molar-refractivity contribution in [2.24, 2.45) is 23.7 Å². The van der Waals surface area contributed by atoms with Gasteiger partial charge in [-0.2, -0.15) is 0 Å². The molecule has 4 aliphatic heterocycles. The molecule has 6 rings (SSSR count). The van der Waals surface area contributed by atoms with E-state index in [0.29, 0.717) is 12.3 Å². The van der Waals surface area contributed by atoms with Crippen LogP contribution in [0.4, 0.5) is 5.69 Å². The molecule has 3 unspecified atom stereocenters. The van der Waals surface area contributed by atoms with Crippen LogP contribution in [-0.2, 0) is 38.4 Å². The Hall–Kier alpha value is -3.17. The highest BCUT2D eigenvalue weighted by Crippen LogP contribution is 2.60. The number of esters is 1.